The number of benzene rings is 1. The van der Waals surface area contributed by atoms with Gasteiger partial charge in [0, 0.05) is 12.0 Å². The van der Waals surface area contributed by atoms with Gasteiger partial charge in [-0.25, -0.2) is 4.68 Å². The van der Waals surface area contributed by atoms with Crippen molar-refractivity contribution in [2.24, 2.45) is 0 Å². The molecule has 1 aromatic heterocycles. The van der Waals surface area contributed by atoms with Gasteiger partial charge in [0.15, 0.2) is 5.69 Å². The van der Waals surface area contributed by atoms with Gasteiger partial charge in [-0.1, -0.05) is 43.3 Å². The van der Waals surface area contributed by atoms with E-state index in [9.17, 15) is 4.79 Å². The molecule has 6 nitrogen and oxygen atoms in total. The Morgan fingerprint density at radius 1 is 1.27 bits per heavy atom. The van der Waals surface area contributed by atoms with Crippen LogP contribution in [0.1, 0.15) is 60.0 Å². The van der Waals surface area contributed by atoms with E-state index < -0.39 is 0 Å². The first-order chi connectivity index (χ1) is 12.4. The molecule has 2 N–H and O–H groups in total. The number of rotatable bonds is 5. The molecule has 1 aliphatic heterocycles. The van der Waals surface area contributed by atoms with Crippen molar-refractivity contribution in [1.29, 1.82) is 0 Å². The topological polar surface area (TPSA) is 71.8 Å². The molecule has 0 aliphatic carbocycles. The van der Waals surface area contributed by atoms with Gasteiger partial charge < -0.3 is 10.6 Å². The average Bonchev–Trinajstić information content (AvgIpc) is 3.02. The summed E-state index contributed by atoms with van der Waals surface area (Å²) in [5.74, 6) is -0.149. The van der Waals surface area contributed by atoms with Crippen LogP contribution in [0.4, 0.5) is 0 Å². The number of carbonyl (C=O) groups excluding carboxylic acids is 1. The molecule has 0 radical (unpaired) electrons. The minimum Gasteiger partial charge on any atom is -0.350 e. The molecule has 0 unspecified atom stereocenters. The zero-order valence-corrected chi connectivity index (χ0v) is 16.2. The molecule has 2 heterocycles. The van der Waals surface area contributed by atoms with Gasteiger partial charge in [0.25, 0.3) is 5.91 Å². The summed E-state index contributed by atoms with van der Waals surface area (Å²) in [4.78, 5) is 12.7. The zero-order chi connectivity index (χ0) is 18.7. The van der Waals surface area contributed by atoms with Crippen LogP contribution >= 0.6 is 0 Å². The van der Waals surface area contributed by atoms with Gasteiger partial charge in [-0.05, 0) is 50.9 Å². The van der Waals surface area contributed by atoms with Crippen molar-refractivity contribution in [2.75, 3.05) is 19.6 Å². The van der Waals surface area contributed by atoms with Crippen LogP contribution in [0.15, 0.2) is 24.3 Å². The summed E-state index contributed by atoms with van der Waals surface area (Å²) in [6.45, 7) is 10.8. The van der Waals surface area contributed by atoms with Crippen LogP contribution in [0.25, 0.3) is 0 Å². The number of nitrogens with one attached hydrogen (secondary N) is 2. The van der Waals surface area contributed by atoms with E-state index in [0.717, 1.165) is 31.6 Å². The van der Waals surface area contributed by atoms with E-state index in [1.807, 2.05) is 23.7 Å². The molecule has 1 amide bonds. The van der Waals surface area contributed by atoms with Crippen molar-refractivity contribution in [1.82, 2.24) is 25.6 Å². The molecule has 1 aliphatic rings. The number of aromatic nitrogens is 3. The van der Waals surface area contributed by atoms with Crippen LogP contribution in [0, 0.1) is 13.8 Å². The summed E-state index contributed by atoms with van der Waals surface area (Å²) in [6.07, 6.45) is 2.04. The number of nitrogens with zero attached hydrogens (tertiary/aromatic N) is 3. The van der Waals surface area contributed by atoms with Crippen molar-refractivity contribution >= 4 is 5.91 Å². The molecule has 0 saturated carbocycles. The lowest BCUT2D eigenvalue weighted by atomic mass is 9.82. The van der Waals surface area contributed by atoms with E-state index in [1.165, 1.54) is 11.1 Å². The van der Waals surface area contributed by atoms with Crippen molar-refractivity contribution in [3.8, 4) is 0 Å². The Morgan fingerprint density at radius 3 is 2.65 bits per heavy atom. The van der Waals surface area contributed by atoms with Gasteiger partial charge in [-0.15, -0.1) is 5.10 Å². The second-order valence-corrected chi connectivity index (χ2v) is 7.83. The van der Waals surface area contributed by atoms with E-state index >= 15 is 0 Å². The summed E-state index contributed by atoms with van der Waals surface area (Å²) in [5.41, 5.74) is 3.61. The van der Waals surface area contributed by atoms with E-state index in [1.54, 1.807) is 0 Å². The maximum Gasteiger partial charge on any atom is 0.273 e. The Kier molecular flexibility index (Phi) is 5.41. The van der Waals surface area contributed by atoms with Crippen LogP contribution in [0.3, 0.4) is 0 Å². The highest BCUT2D eigenvalue weighted by molar-refractivity contribution is 5.93. The fourth-order valence-corrected chi connectivity index (χ4v) is 3.76. The highest BCUT2D eigenvalue weighted by Gasteiger charge is 2.26. The number of piperidine rings is 1. The number of amides is 1. The minimum atomic E-state index is -0.153. The van der Waals surface area contributed by atoms with E-state index in [-0.39, 0.29) is 11.3 Å². The van der Waals surface area contributed by atoms with Crippen LogP contribution in [0.5, 0.6) is 0 Å². The third-order valence-corrected chi connectivity index (χ3v) is 5.36. The Labute approximate surface area is 155 Å². The van der Waals surface area contributed by atoms with Gasteiger partial charge in [0.2, 0.25) is 0 Å². The summed E-state index contributed by atoms with van der Waals surface area (Å²) >= 11 is 0. The Bertz CT molecular complexity index is 774. The lowest BCUT2D eigenvalue weighted by molar-refractivity contribution is 0.0940. The van der Waals surface area contributed by atoms with Crippen LogP contribution < -0.4 is 10.6 Å². The maximum atomic E-state index is 12.7. The summed E-state index contributed by atoms with van der Waals surface area (Å²) in [5, 5.41) is 14.8. The quantitative estimate of drug-likeness (QED) is 0.864. The SMILES string of the molecule is Cc1ccccc1C(C)(C)CNC(=O)c1nnn(C2CCNCC2)c1C. The van der Waals surface area contributed by atoms with Gasteiger partial charge >= 0.3 is 0 Å². The number of carbonyl (C=O) groups is 1. The smallest absolute Gasteiger partial charge is 0.273 e. The molecular formula is C20H29N5O. The Hall–Kier alpha value is -2.21. The monoisotopic (exact) mass is 355 g/mol. The van der Waals surface area contributed by atoms with Crippen molar-refractivity contribution < 1.29 is 4.79 Å². The number of hydrogen-bond donors (Lipinski definition) is 2. The standard InChI is InChI=1S/C20H29N5O/c1-14-7-5-6-8-17(14)20(3,4)13-22-19(26)18-15(2)25(24-23-18)16-9-11-21-12-10-16/h5-8,16,21H,9-13H2,1-4H3,(H,22,26). The molecule has 2 aromatic rings. The fraction of sp³-hybridized carbons (Fsp3) is 0.550. The van der Waals surface area contributed by atoms with Gasteiger partial charge in [0.05, 0.1) is 11.7 Å². The number of aryl methyl sites for hydroxylation is 1. The highest BCUT2D eigenvalue weighted by atomic mass is 16.2. The lowest BCUT2D eigenvalue weighted by Crippen LogP contribution is -2.37. The first-order valence-corrected chi connectivity index (χ1v) is 9.37. The van der Waals surface area contributed by atoms with Crippen molar-refractivity contribution in [3.05, 3.63) is 46.8 Å². The molecule has 3 rings (SSSR count). The van der Waals surface area contributed by atoms with E-state index in [4.69, 9.17) is 0 Å². The normalized spacial score (nSPS) is 15.8. The van der Waals surface area contributed by atoms with Crippen LogP contribution in [-0.2, 0) is 5.41 Å². The molecule has 1 saturated heterocycles. The summed E-state index contributed by atoms with van der Waals surface area (Å²) in [6, 6.07) is 8.64. The predicted molar refractivity (Wildman–Crippen MR) is 102 cm³/mol. The molecule has 0 spiro atoms. The lowest BCUT2D eigenvalue weighted by Gasteiger charge is -2.27. The third kappa shape index (κ3) is 3.80. The Morgan fingerprint density at radius 2 is 1.96 bits per heavy atom. The van der Waals surface area contributed by atoms with Crippen LogP contribution in [0.2, 0.25) is 0 Å². The average molecular weight is 355 g/mol. The molecule has 6 heteroatoms. The largest absolute Gasteiger partial charge is 0.350 e. The predicted octanol–water partition coefficient (Wildman–Crippen LogP) is 2.53. The summed E-state index contributed by atoms with van der Waals surface area (Å²) < 4.78 is 1.92. The first kappa shape index (κ1) is 18.6. The van der Waals surface area contributed by atoms with Crippen LogP contribution in [-0.4, -0.2) is 40.5 Å². The number of hydrogen-bond acceptors (Lipinski definition) is 4. The highest BCUT2D eigenvalue weighted by Crippen LogP contribution is 2.25. The molecule has 1 fully saturated rings. The molecule has 140 valence electrons. The second-order valence-electron chi connectivity index (χ2n) is 7.83. The first-order valence-electron chi connectivity index (χ1n) is 9.37. The molecule has 0 atom stereocenters. The summed E-state index contributed by atoms with van der Waals surface area (Å²) in [7, 11) is 0. The van der Waals surface area contributed by atoms with Gasteiger partial charge in [0.1, 0.15) is 0 Å². The molecule has 0 bridgehead atoms. The molecule has 1 aromatic carbocycles. The van der Waals surface area contributed by atoms with Crippen molar-refractivity contribution in [2.45, 2.75) is 52.0 Å². The van der Waals surface area contributed by atoms with Gasteiger partial charge in [-0.2, -0.15) is 0 Å². The zero-order valence-electron chi connectivity index (χ0n) is 16.2. The third-order valence-electron chi connectivity index (χ3n) is 5.36. The second kappa shape index (κ2) is 7.58. The maximum absolute atomic E-state index is 12.7. The van der Waals surface area contributed by atoms with Gasteiger partial charge in [-0.3, -0.25) is 4.79 Å². The molecule has 26 heavy (non-hydrogen) atoms. The van der Waals surface area contributed by atoms with E-state index in [2.05, 4.69) is 53.8 Å². The van der Waals surface area contributed by atoms with Crippen molar-refractivity contribution in [3.63, 3.8) is 0 Å². The van der Waals surface area contributed by atoms with E-state index in [0.29, 0.717) is 18.3 Å². The minimum absolute atomic E-state index is 0.149. The Balaban J connectivity index is 1.69. The fourth-order valence-electron chi connectivity index (χ4n) is 3.76. The molecular weight excluding hydrogens is 326 g/mol.